The Labute approximate surface area is 172 Å². The van der Waals surface area contributed by atoms with Crippen LogP contribution in [0.5, 0.6) is 0 Å². The van der Waals surface area contributed by atoms with E-state index in [0.717, 1.165) is 17.0 Å². The number of carbonyl (C=O) groups excluding carboxylic acids is 1. The number of pyridine rings is 1. The number of hydrogen-bond donors (Lipinski definition) is 3. The van der Waals surface area contributed by atoms with Crippen LogP contribution in [0.3, 0.4) is 0 Å². The van der Waals surface area contributed by atoms with Gasteiger partial charge in [-0.25, -0.2) is 18.1 Å². The largest absolute Gasteiger partial charge is 0.419 e. The molecule has 0 bridgehead atoms. The first-order chi connectivity index (χ1) is 14.2. The number of hydrogen-bond acceptors (Lipinski definition) is 5. The highest BCUT2D eigenvalue weighted by molar-refractivity contribution is 7.92. The van der Waals surface area contributed by atoms with Gasteiger partial charge in [0.05, 0.1) is 5.56 Å². The molecule has 0 fully saturated rings. The molecule has 7 nitrogen and oxygen atoms in total. The lowest BCUT2D eigenvalue weighted by Crippen LogP contribution is -2.32. The Kier molecular flexibility index (Phi) is 8.36. The van der Waals surface area contributed by atoms with Gasteiger partial charge in [0.1, 0.15) is 5.82 Å². The highest BCUT2D eigenvalue weighted by Crippen LogP contribution is 2.33. The van der Waals surface area contributed by atoms with Crippen molar-refractivity contribution in [2.24, 2.45) is 0 Å². The average Bonchev–Trinajstić information content (AvgIpc) is 2.70. The first kappa shape index (κ1) is 23.4. The molecule has 0 spiro atoms. The van der Waals surface area contributed by atoms with E-state index in [0.29, 0.717) is 0 Å². The molecule has 2 aromatic rings. The minimum Gasteiger partial charge on any atom is -0.368 e. The van der Waals surface area contributed by atoms with Crippen LogP contribution in [0.15, 0.2) is 54.1 Å². The van der Waals surface area contributed by atoms with Crippen molar-refractivity contribution in [3.8, 4) is 0 Å². The minimum atomic E-state index is -4.54. The fourth-order valence-corrected chi connectivity index (χ4v) is 3.15. The molecule has 1 amide bonds. The summed E-state index contributed by atoms with van der Waals surface area (Å²) >= 11 is 0. The monoisotopic (exact) mass is 442 g/mol. The van der Waals surface area contributed by atoms with E-state index in [4.69, 9.17) is 0 Å². The molecule has 0 atom stereocenters. The molecule has 1 aromatic carbocycles. The van der Waals surface area contributed by atoms with Gasteiger partial charge in [0.2, 0.25) is 15.9 Å². The second-order valence-electron chi connectivity index (χ2n) is 6.08. The van der Waals surface area contributed by atoms with Crippen molar-refractivity contribution in [1.82, 2.24) is 15.0 Å². The van der Waals surface area contributed by atoms with Gasteiger partial charge in [-0.2, -0.15) is 13.2 Å². The van der Waals surface area contributed by atoms with E-state index in [2.05, 4.69) is 20.3 Å². The molecule has 3 N–H and O–H groups in total. The quantitative estimate of drug-likeness (QED) is 0.491. The predicted molar refractivity (Wildman–Crippen MR) is 108 cm³/mol. The Bertz CT molecular complexity index is 964. The number of carbonyl (C=O) groups is 1. The molecule has 11 heteroatoms. The molecule has 1 aromatic heterocycles. The van der Waals surface area contributed by atoms with Gasteiger partial charge in [0.15, 0.2) is 0 Å². The van der Waals surface area contributed by atoms with Crippen LogP contribution in [0.25, 0.3) is 6.08 Å². The van der Waals surface area contributed by atoms with E-state index in [-0.39, 0.29) is 31.9 Å². The molecule has 0 aliphatic carbocycles. The maximum Gasteiger partial charge on any atom is 0.419 e. The highest BCUT2D eigenvalue weighted by Gasteiger charge is 2.33. The molecule has 1 heterocycles. The van der Waals surface area contributed by atoms with Crippen LogP contribution in [0, 0.1) is 0 Å². The molecule has 2 rings (SSSR count). The van der Waals surface area contributed by atoms with Gasteiger partial charge in [0, 0.05) is 37.7 Å². The topological polar surface area (TPSA) is 100 Å². The van der Waals surface area contributed by atoms with E-state index >= 15 is 0 Å². The molecule has 0 aliphatic heterocycles. The molecular weight excluding hydrogens is 421 g/mol. The highest BCUT2D eigenvalue weighted by atomic mass is 32.2. The normalized spacial score (nSPS) is 12.1. The number of rotatable bonds is 10. The first-order valence-electron chi connectivity index (χ1n) is 8.93. The van der Waals surface area contributed by atoms with Gasteiger partial charge in [0.25, 0.3) is 0 Å². The van der Waals surface area contributed by atoms with Gasteiger partial charge in [-0.05, 0) is 23.8 Å². The number of sulfonamides is 1. The zero-order valence-corrected chi connectivity index (χ0v) is 16.6. The summed E-state index contributed by atoms with van der Waals surface area (Å²) in [6.45, 7) is -0.0378. The number of nitrogens with one attached hydrogen (secondary N) is 3. The standard InChI is InChI=1S/C19H21F3N4O3S/c20-19(21,22)16-7-4-10-24-18(16)25-13-12-23-17(27)8-11-26-30(28,29)14-9-15-5-2-1-3-6-15/h1-7,9-10,14,26H,8,11-13H2,(H,23,27)(H,24,25)/b14-9+. The van der Waals surface area contributed by atoms with E-state index < -0.39 is 27.7 Å². The zero-order valence-electron chi connectivity index (χ0n) is 15.8. The SMILES string of the molecule is O=C(CCNS(=O)(=O)/C=C/c1ccccc1)NCCNc1ncccc1C(F)(F)F. The molecule has 0 aliphatic rings. The second-order valence-corrected chi connectivity index (χ2v) is 7.73. The molecule has 0 radical (unpaired) electrons. The lowest BCUT2D eigenvalue weighted by Gasteiger charge is -2.13. The van der Waals surface area contributed by atoms with E-state index in [1.807, 2.05) is 6.07 Å². The average molecular weight is 442 g/mol. The van der Waals surface area contributed by atoms with Crippen LogP contribution in [0.4, 0.5) is 19.0 Å². The summed E-state index contributed by atoms with van der Waals surface area (Å²) in [7, 11) is -3.69. The molecule has 0 unspecified atom stereocenters. The lowest BCUT2D eigenvalue weighted by atomic mass is 10.2. The van der Waals surface area contributed by atoms with E-state index in [1.165, 1.54) is 18.3 Å². The lowest BCUT2D eigenvalue weighted by molar-refractivity contribution is -0.137. The molecule has 0 saturated carbocycles. The summed E-state index contributed by atoms with van der Waals surface area (Å²) in [6.07, 6.45) is -1.99. The Morgan fingerprint density at radius 3 is 2.47 bits per heavy atom. The van der Waals surface area contributed by atoms with Crippen molar-refractivity contribution in [2.75, 3.05) is 25.0 Å². The van der Waals surface area contributed by atoms with Gasteiger partial charge >= 0.3 is 6.18 Å². The number of aromatic nitrogens is 1. The summed E-state index contributed by atoms with van der Waals surface area (Å²) < 4.78 is 64.6. The predicted octanol–water partition coefficient (Wildman–Crippen LogP) is 2.61. The van der Waals surface area contributed by atoms with Crippen molar-refractivity contribution in [1.29, 1.82) is 0 Å². The summed E-state index contributed by atoms with van der Waals surface area (Å²) in [4.78, 5) is 15.4. The third-order valence-electron chi connectivity index (χ3n) is 3.75. The van der Waals surface area contributed by atoms with Gasteiger partial charge in [-0.15, -0.1) is 0 Å². The number of anilines is 1. The summed E-state index contributed by atoms with van der Waals surface area (Å²) in [6, 6.07) is 10.9. The van der Waals surface area contributed by atoms with Crippen LogP contribution < -0.4 is 15.4 Å². The Morgan fingerprint density at radius 2 is 1.77 bits per heavy atom. The maximum atomic E-state index is 12.9. The van der Waals surface area contributed by atoms with Gasteiger partial charge in [-0.1, -0.05) is 30.3 Å². The molecular formula is C19H21F3N4O3S. The minimum absolute atomic E-state index is 0.0252. The van der Waals surface area contributed by atoms with Crippen LogP contribution in [0.2, 0.25) is 0 Å². The number of amides is 1. The second kappa shape index (κ2) is 10.7. The Balaban J connectivity index is 1.69. The van der Waals surface area contributed by atoms with E-state index in [9.17, 15) is 26.4 Å². The van der Waals surface area contributed by atoms with Crippen LogP contribution in [-0.4, -0.2) is 38.9 Å². The summed E-state index contributed by atoms with van der Waals surface area (Å²) in [5.74, 6) is -0.763. The summed E-state index contributed by atoms with van der Waals surface area (Å²) in [5.41, 5.74) is -0.177. The Morgan fingerprint density at radius 1 is 1.03 bits per heavy atom. The molecule has 0 saturated heterocycles. The maximum absolute atomic E-state index is 12.9. The third kappa shape index (κ3) is 8.21. The fourth-order valence-electron chi connectivity index (χ4n) is 2.33. The van der Waals surface area contributed by atoms with Crippen molar-refractivity contribution >= 4 is 27.8 Å². The zero-order chi connectivity index (χ0) is 22.0. The van der Waals surface area contributed by atoms with Gasteiger partial charge < -0.3 is 10.6 Å². The Hall–Kier alpha value is -2.92. The number of benzene rings is 1. The number of halogens is 3. The summed E-state index contributed by atoms with van der Waals surface area (Å²) in [5, 5.41) is 6.02. The fraction of sp³-hybridized carbons (Fsp3) is 0.263. The first-order valence-corrected chi connectivity index (χ1v) is 10.5. The van der Waals surface area contributed by atoms with Crippen LogP contribution in [0.1, 0.15) is 17.5 Å². The van der Waals surface area contributed by atoms with Crippen LogP contribution >= 0.6 is 0 Å². The number of nitrogens with zero attached hydrogens (tertiary/aromatic N) is 1. The third-order valence-corrected chi connectivity index (χ3v) is 4.85. The smallest absolute Gasteiger partial charge is 0.368 e. The molecule has 30 heavy (non-hydrogen) atoms. The van der Waals surface area contributed by atoms with E-state index in [1.54, 1.807) is 24.3 Å². The van der Waals surface area contributed by atoms with Crippen LogP contribution in [-0.2, 0) is 21.0 Å². The van der Waals surface area contributed by atoms with Gasteiger partial charge in [-0.3, -0.25) is 4.79 Å². The van der Waals surface area contributed by atoms with Crippen molar-refractivity contribution in [2.45, 2.75) is 12.6 Å². The van der Waals surface area contributed by atoms with Crippen molar-refractivity contribution < 1.29 is 26.4 Å². The van der Waals surface area contributed by atoms with Crippen molar-refractivity contribution in [3.63, 3.8) is 0 Å². The van der Waals surface area contributed by atoms with Crippen molar-refractivity contribution in [3.05, 3.63) is 65.2 Å². The number of alkyl halides is 3. The molecule has 162 valence electrons.